The number of nitrogens with zero attached hydrogens (tertiary/aromatic N) is 2. The van der Waals surface area contributed by atoms with Gasteiger partial charge >= 0.3 is 11.9 Å². The van der Waals surface area contributed by atoms with Crippen molar-refractivity contribution in [3.8, 4) is 0 Å². The zero-order valence-electron chi connectivity index (χ0n) is 18.1. The van der Waals surface area contributed by atoms with Crippen LogP contribution < -0.4 is 5.01 Å². The third-order valence-electron chi connectivity index (χ3n) is 5.81. The minimum absolute atomic E-state index is 0.541. The number of cyclic esters (lactones) is 2. The van der Waals surface area contributed by atoms with E-state index in [2.05, 4.69) is 0 Å². The minimum atomic E-state index is -1.88. The normalized spacial score (nSPS) is 20.9. The highest BCUT2D eigenvalue weighted by atomic mass is 35.5. The molecule has 0 aromatic heterocycles. The van der Waals surface area contributed by atoms with Gasteiger partial charge in [0.05, 0.1) is 17.3 Å². The number of carbonyl (C=O) groups excluding carboxylic acids is 2. The molecular weight excluding hydrogens is 440 g/mol. The predicted octanol–water partition coefficient (Wildman–Crippen LogP) is 4.92. The van der Waals surface area contributed by atoms with Gasteiger partial charge in [0.15, 0.2) is 0 Å². The number of rotatable bonds is 3. The molecule has 5 rings (SSSR count). The number of hydrogen-bond donors (Lipinski definition) is 0. The number of ether oxygens (including phenoxy) is 2. The van der Waals surface area contributed by atoms with Gasteiger partial charge in [-0.15, -0.1) is 0 Å². The van der Waals surface area contributed by atoms with Gasteiger partial charge in [-0.25, -0.2) is 14.6 Å². The Morgan fingerprint density at radius 2 is 1.36 bits per heavy atom. The van der Waals surface area contributed by atoms with Gasteiger partial charge in [0.2, 0.25) is 0 Å². The summed E-state index contributed by atoms with van der Waals surface area (Å²) in [7, 11) is 0. The van der Waals surface area contributed by atoms with Gasteiger partial charge in [-0.2, -0.15) is 5.10 Å². The standard InChI is InChI=1S/C26H21ClN2O4/c1-25(2)32-23(30)26(24(31)33-25)21(17-13-15-19(27)16-14-17)22(18-9-5-3-6-10-18)28-29(26)20-11-7-4-8-12-20/h3-16,21H,1-2H3. The van der Waals surface area contributed by atoms with Crippen molar-refractivity contribution in [2.45, 2.75) is 31.1 Å². The Bertz CT molecular complexity index is 1220. The van der Waals surface area contributed by atoms with Crippen LogP contribution in [0.4, 0.5) is 5.69 Å². The number of hydrogen-bond acceptors (Lipinski definition) is 6. The van der Waals surface area contributed by atoms with E-state index in [1.54, 1.807) is 36.4 Å². The second-order valence-electron chi connectivity index (χ2n) is 8.43. The average molecular weight is 461 g/mol. The molecule has 3 aromatic rings. The minimum Gasteiger partial charge on any atom is -0.421 e. The highest BCUT2D eigenvalue weighted by Crippen LogP contribution is 2.49. The molecule has 3 aromatic carbocycles. The molecule has 166 valence electrons. The first kappa shape index (κ1) is 21.2. The molecule has 0 bridgehead atoms. The second kappa shape index (κ2) is 7.74. The molecule has 1 fully saturated rings. The summed E-state index contributed by atoms with van der Waals surface area (Å²) in [5, 5.41) is 6.83. The van der Waals surface area contributed by atoms with Crippen molar-refractivity contribution >= 4 is 34.9 Å². The summed E-state index contributed by atoms with van der Waals surface area (Å²) < 4.78 is 11.3. The Labute approximate surface area is 196 Å². The summed E-state index contributed by atoms with van der Waals surface area (Å²) in [4.78, 5) is 27.6. The Morgan fingerprint density at radius 1 is 0.818 bits per heavy atom. The first-order valence-electron chi connectivity index (χ1n) is 10.5. The molecule has 6 nitrogen and oxygen atoms in total. The van der Waals surface area contributed by atoms with Crippen molar-refractivity contribution in [3.63, 3.8) is 0 Å². The summed E-state index contributed by atoms with van der Waals surface area (Å²) in [5.74, 6) is -3.63. The van der Waals surface area contributed by atoms with E-state index in [0.29, 0.717) is 22.0 Å². The smallest absolute Gasteiger partial charge is 0.350 e. The third kappa shape index (κ3) is 3.38. The van der Waals surface area contributed by atoms with Crippen LogP contribution in [0, 0.1) is 0 Å². The van der Waals surface area contributed by atoms with Crippen LogP contribution in [0.15, 0.2) is 90.0 Å². The zero-order valence-corrected chi connectivity index (χ0v) is 18.8. The highest BCUT2D eigenvalue weighted by molar-refractivity contribution is 6.30. The molecule has 0 radical (unpaired) electrons. The van der Waals surface area contributed by atoms with E-state index in [4.69, 9.17) is 26.2 Å². The molecule has 1 spiro atoms. The van der Waals surface area contributed by atoms with E-state index in [-0.39, 0.29) is 0 Å². The van der Waals surface area contributed by atoms with Crippen molar-refractivity contribution in [1.29, 1.82) is 0 Å². The van der Waals surface area contributed by atoms with Crippen molar-refractivity contribution in [2.75, 3.05) is 5.01 Å². The lowest BCUT2D eigenvalue weighted by Crippen LogP contribution is -2.67. The van der Waals surface area contributed by atoms with Gasteiger partial charge in [-0.1, -0.05) is 72.3 Å². The van der Waals surface area contributed by atoms with Crippen molar-refractivity contribution < 1.29 is 19.1 Å². The molecule has 0 aliphatic carbocycles. The topological polar surface area (TPSA) is 68.2 Å². The third-order valence-corrected chi connectivity index (χ3v) is 6.06. The van der Waals surface area contributed by atoms with E-state index in [9.17, 15) is 9.59 Å². The van der Waals surface area contributed by atoms with Gasteiger partial charge in [-0.05, 0) is 35.4 Å². The maximum absolute atomic E-state index is 13.8. The zero-order chi connectivity index (χ0) is 23.2. The van der Waals surface area contributed by atoms with Gasteiger partial charge in [0, 0.05) is 18.9 Å². The Hall–Kier alpha value is -3.64. The van der Waals surface area contributed by atoms with Gasteiger partial charge in [0.1, 0.15) is 0 Å². The lowest BCUT2D eigenvalue weighted by molar-refractivity contribution is -0.242. The van der Waals surface area contributed by atoms with Crippen LogP contribution in [0.1, 0.15) is 30.9 Å². The van der Waals surface area contributed by atoms with Crippen LogP contribution >= 0.6 is 11.6 Å². The van der Waals surface area contributed by atoms with Crippen LogP contribution in [-0.2, 0) is 19.1 Å². The molecule has 33 heavy (non-hydrogen) atoms. The van der Waals surface area contributed by atoms with E-state index in [1.807, 2.05) is 48.5 Å². The monoisotopic (exact) mass is 460 g/mol. The number of benzene rings is 3. The lowest BCUT2D eigenvalue weighted by Gasteiger charge is -2.44. The van der Waals surface area contributed by atoms with E-state index in [1.165, 1.54) is 18.9 Å². The fraction of sp³-hybridized carbons (Fsp3) is 0.192. The molecule has 2 aliphatic heterocycles. The first-order valence-corrected chi connectivity index (χ1v) is 10.9. The summed E-state index contributed by atoms with van der Waals surface area (Å²) in [6.07, 6.45) is 0. The SMILES string of the molecule is CC1(C)OC(=O)C2(C(=O)O1)C(c1ccc(Cl)cc1)C(c1ccccc1)=NN2c1ccccc1. The molecular formula is C26H21ClN2O4. The van der Waals surface area contributed by atoms with E-state index in [0.717, 1.165) is 5.56 Å². The number of anilines is 1. The largest absolute Gasteiger partial charge is 0.421 e. The van der Waals surface area contributed by atoms with Crippen LogP contribution in [0.3, 0.4) is 0 Å². The molecule has 2 aliphatic rings. The van der Waals surface area contributed by atoms with Crippen LogP contribution in [0.5, 0.6) is 0 Å². The van der Waals surface area contributed by atoms with Crippen LogP contribution in [0.2, 0.25) is 5.02 Å². The molecule has 0 saturated carbocycles. The molecule has 1 saturated heterocycles. The fourth-order valence-electron chi connectivity index (χ4n) is 4.40. The molecule has 2 heterocycles. The van der Waals surface area contributed by atoms with E-state index < -0.39 is 29.2 Å². The van der Waals surface area contributed by atoms with Crippen LogP contribution in [0.25, 0.3) is 0 Å². The Morgan fingerprint density at radius 3 is 1.94 bits per heavy atom. The maximum Gasteiger partial charge on any atom is 0.350 e. The quantitative estimate of drug-likeness (QED) is 0.410. The second-order valence-corrected chi connectivity index (χ2v) is 8.86. The van der Waals surface area contributed by atoms with Crippen molar-refractivity contribution in [2.24, 2.45) is 5.10 Å². The van der Waals surface area contributed by atoms with Gasteiger partial charge in [-0.3, -0.25) is 0 Å². The average Bonchev–Trinajstić information content (AvgIpc) is 3.16. The number of esters is 2. The Balaban J connectivity index is 1.80. The number of carbonyl (C=O) groups is 2. The summed E-state index contributed by atoms with van der Waals surface area (Å²) in [5.41, 5.74) is 0.705. The van der Waals surface area contributed by atoms with Crippen molar-refractivity contribution in [1.82, 2.24) is 0 Å². The van der Waals surface area contributed by atoms with Gasteiger partial charge in [0.25, 0.3) is 11.3 Å². The van der Waals surface area contributed by atoms with Crippen LogP contribution in [-0.4, -0.2) is 29.0 Å². The molecule has 1 atom stereocenters. The maximum atomic E-state index is 13.8. The highest BCUT2D eigenvalue weighted by Gasteiger charge is 2.69. The number of para-hydroxylation sites is 1. The van der Waals surface area contributed by atoms with Gasteiger partial charge < -0.3 is 9.47 Å². The first-order chi connectivity index (χ1) is 15.8. The summed E-state index contributed by atoms with van der Waals surface area (Å²) in [6, 6.07) is 25.6. The number of hydrazone groups is 1. The Kier molecular flexibility index (Phi) is 4.98. The summed E-state index contributed by atoms with van der Waals surface area (Å²) >= 11 is 6.14. The lowest BCUT2D eigenvalue weighted by atomic mass is 9.74. The summed E-state index contributed by atoms with van der Waals surface area (Å²) in [6.45, 7) is 3.07. The van der Waals surface area contributed by atoms with E-state index >= 15 is 0 Å². The predicted molar refractivity (Wildman–Crippen MR) is 125 cm³/mol. The van der Waals surface area contributed by atoms with Crippen molar-refractivity contribution in [3.05, 3.63) is 101 Å². The molecule has 1 unspecified atom stereocenters. The molecule has 0 N–H and O–H groups in total. The number of halogens is 1. The molecule has 0 amide bonds. The molecule has 7 heteroatoms. The fourth-order valence-corrected chi connectivity index (χ4v) is 4.52.